The molecule has 4 heteroatoms. The number of halogens is 2. The lowest BCUT2D eigenvalue weighted by Crippen LogP contribution is -2.26. The normalized spacial score (nSPS) is 12.4. The number of hydrogen-bond acceptors (Lipinski definition) is 2. The third kappa shape index (κ3) is 3.52. The average Bonchev–Trinajstić information content (AvgIpc) is 2.35. The zero-order valence-electron chi connectivity index (χ0n) is 9.81. The third-order valence-corrected chi connectivity index (χ3v) is 3.06. The Labute approximate surface area is 111 Å². The number of benzene rings is 1. The van der Waals surface area contributed by atoms with Crippen molar-refractivity contribution in [2.24, 2.45) is 5.73 Å². The van der Waals surface area contributed by atoms with E-state index in [9.17, 15) is 4.39 Å². The van der Waals surface area contributed by atoms with Crippen LogP contribution in [0, 0.1) is 5.82 Å². The Morgan fingerprint density at radius 2 is 2.06 bits per heavy atom. The molecule has 2 rings (SSSR count). The molecule has 1 atom stereocenters. The summed E-state index contributed by atoms with van der Waals surface area (Å²) in [5, 5.41) is 0.549. The highest BCUT2D eigenvalue weighted by atomic mass is 35.5. The fraction of sp³-hybridized carbons (Fsp3) is 0.214. The van der Waals surface area contributed by atoms with Gasteiger partial charge >= 0.3 is 0 Å². The Bertz CT molecular complexity index is 516. The summed E-state index contributed by atoms with van der Waals surface area (Å²) >= 11 is 6.01. The van der Waals surface area contributed by atoms with E-state index in [1.807, 2.05) is 18.2 Å². The van der Waals surface area contributed by atoms with Crippen molar-refractivity contribution in [2.75, 3.05) is 0 Å². The molecular formula is C14H14ClFN2. The highest BCUT2D eigenvalue weighted by molar-refractivity contribution is 6.31. The molecule has 0 saturated heterocycles. The number of nitrogens with zero attached hydrogens (tertiary/aromatic N) is 1. The van der Waals surface area contributed by atoms with Crippen LogP contribution in [-0.2, 0) is 12.8 Å². The maximum Gasteiger partial charge on any atom is 0.123 e. The van der Waals surface area contributed by atoms with Gasteiger partial charge in [0.25, 0.3) is 0 Å². The summed E-state index contributed by atoms with van der Waals surface area (Å²) in [4.78, 5) is 4.21. The maximum absolute atomic E-state index is 13.1. The summed E-state index contributed by atoms with van der Waals surface area (Å²) in [7, 11) is 0. The molecule has 1 unspecified atom stereocenters. The van der Waals surface area contributed by atoms with Crippen LogP contribution in [0.3, 0.4) is 0 Å². The van der Waals surface area contributed by atoms with Gasteiger partial charge in [-0.25, -0.2) is 4.39 Å². The van der Waals surface area contributed by atoms with Gasteiger partial charge in [0.2, 0.25) is 0 Å². The third-order valence-electron chi connectivity index (χ3n) is 2.69. The quantitative estimate of drug-likeness (QED) is 0.922. The van der Waals surface area contributed by atoms with Crippen molar-refractivity contribution in [3.05, 3.63) is 64.7 Å². The van der Waals surface area contributed by atoms with Crippen molar-refractivity contribution in [1.29, 1.82) is 0 Å². The van der Waals surface area contributed by atoms with Crippen LogP contribution in [0.4, 0.5) is 4.39 Å². The minimum atomic E-state index is -0.292. The lowest BCUT2D eigenvalue weighted by molar-refractivity contribution is 0.616. The molecule has 0 spiro atoms. The minimum Gasteiger partial charge on any atom is -0.327 e. The number of nitrogens with two attached hydrogens (primary N) is 1. The molecule has 0 saturated carbocycles. The largest absolute Gasteiger partial charge is 0.327 e. The van der Waals surface area contributed by atoms with Crippen LogP contribution >= 0.6 is 11.6 Å². The van der Waals surface area contributed by atoms with E-state index in [1.54, 1.807) is 12.3 Å². The van der Waals surface area contributed by atoms with E-state index in [0.29, 0.717) is 17.9 Å². The zero-order valence-corrected chi connectivity index (χ0v) is 10.6. The number of aromatic nitrogens is 1. The fourth-order valence-electron chi connectivity index (χ4n) is 1.84. The van der Waals surface area contributed by atoms with Crippen molar-refractivity contribution in [3.63, 3.8) is 0 Å². The first-order valence-corrected chi connectivity index (χ1v) is 6.12. The minimum absolute atomic E-state index is 0.126. The van der Waals surface area contributed by atoms with E-state index < -0.39 is 0 Å². The van der Waals surface area contributed by atoms with Gasteiger partial charge in [0.05, 0.1) is 0 Å². The van der Waals surface area contributed by atoms with Gasteiger partial charge in [0.1, 0.15) is 5.82 Å². The molecule has 18 heavy (non-hydrogen) atoms. The van der Waals surface area contributed by atoms with Gasteiger partial charge in [-0.1, -0.05) is 17.7 Å². The number of pyridine rings is 1. The summed E-state index contributed by atoms with van der Waals surface area (Å²) < 4.78 is 13.1. The summed E-state index contributed by atoms with van der Waals surface area (Å²) in [5.41, 5.74) is 7.70. The topological polar surface area (TPSA) is 38.9 Å². The molecule has 1 aromatic heterocycles. The van der Waals surface area contributed by atoms with Gasteiger partial charge < -0.3 is 5.73 Å². The Hall–Kier alpha value is -1.45. The molecule has 0 radical (unpaired) electrons. The molecule has 2 aromatic rings. The predicted molar refractivity (Wildman–Crippen MR) is 71.0 cm³/mol. The van der Waals surface area contributed by atoms with Crippen molar-refractivity contribution in [2.45, 2.75) is 18.9 Å². The summed E-state index contributed by atoms with van der Waals surface area (Å²) in [5.74, 6) is -0.292. The highest BCUT2D eigenvalue weighted by Gasteiger charge is 2.09. The SMILES string of the molecule is NC(Cc1ccccn1)Cc1cc(F)ccc1Cl. The lowest BCUT2D eigenvalue weighted by Gasteiger charge is -2.12. The van der Waals surface area contributed by atoms with E-state index >= 15 is 0 Å². The summed E-state index contributed by atoms with van der Waals surface area (Å²) in [6, 6.07) is 9.91. The van der Waals surface area contributed by atoms with Crippen LogP contribution in [0.15, 0.2) is 42.6 Å². The first kappa shape index (κ1) is 13.0. The maximum atomic E-state index is 13.1. The molecule has 0 aliphatic carbocycles. The van der Waals surface area contributed by atoms with Crippen molar-refractivity contribution >= 4 is 11.6 Å². The summed E-state index contributed by atoms with van der Waals surface area (Å²) in [6.45, 7) is 0. The van der Waals surface area contributed by atoms with Crippen LogP contribution in [0.5, 0.6) is 0 Å². The fourth-order valence-corrected chi connectivity index (χ4v) is 2.04. The Morgan fingerprint density at radius 3 is 2.78 bits per heavy atom. The lowest BCUT2D eigenvalue weighted by atomic mass is 10.0. The van der Waals surface area contributed by atoms with E-state index in [4.69, 9.17) is 17.3 Å². The molecule has 2 N–H and O–H groups in total. The Morgan fingerprint density at radius 1 is 1.22 bits per heavy atom. The predicted octanol–water partition coefficient (Wildman–Crippen LogP) is 2.99. The van der Waals surface area contributed by atoms with Crippen LogP contribution in [-0.4, -0.2) is 11.0 Å². The number of rotatable bonds is 4. The molecular weight excluding hydrogens is 251 g/mol. The van der Waals surface area contributed by atoms with Gasteiger partial charge in [-0.15, -0.1) is 0 Å². The van der Waals surface area contributed by atoms with E-state index in [2.05, 4.69) is 4.98 Å². The molecule has 1 heterocycles. The van der Waals surface area contributed by atoms with Crippen LogP contribution in [0.1, 0.15) is 11.3 Å². The smallest absolute Gasteiger partial charge is 0.123 e. The van der Waals surface area contributed by atoms with Gasteiger partial charge in [-0.3, -0.25) is 4.98 Å². The van der Waals surface area contributed by atoms with Gasteiger partial charge in [-0.05, 0) is 42.3 Å². The number of hydrogen-bond donors (Lipinski definition) is 1. The van der Waals surface area contributed by atoms with Crippen molar-refractivity contribution in [1.82, 2.24) is 4.98 Å². The second-order valence-electron chi connectivity index (χ2n) is 4.23. The first-order chi connectivity index (χ1) is 8.65. The molecule has 0 amide bonds. The van der Waals surface area contributed by atoms with E-state index in [0.717, 1.165) is 11.3 Å². The Kier molecular flexibility index (Phi) is 4.28. The first-order valence-electron chi connectivity index (χ1n) is 5.74. The van der Waals surface area contributed by atoms with Crippen LogP contribution in [0.25, 0.3) is 0 Å². The zero-order chi connectivity index (χ0) is 13.0. The van der Waals surface area contributed by atoms with Crippen molar-refractivity contribution < 1.29 is 4.39 Å². The standard InChI is InChI=1S/C14H14ClFN2/c15-14-5-4-11(16)7-10(14)8-12(17)9-13-3-1-2-6-18-13/h1-7,12H,8-9,17H2. The molecule has 0 aliphatic rings. The van der Waals surface area contributed by atoms with Gasteiger partial charge in [0, 0.05) is 29.4 Å². The average molecular weight is 265 g/mol. The monoisotopic (exact) mass is 264 g/mol. The molecule has 0 aliphatic heterocycles. The van der Waals surface area contributed by atoms with Crippen LogP contribution in [0.2, 0.25) is 5.02 Å². The molecule has 94 valence electrons. The van der Waals surface area contributed by atoms with Crippen LogP contribution < -0.4 is 5.73 Å². The molecule has 2 nitrogen and oxygen atoms in total. The van der Waals surface area contributed by atoms with E-state index in [1.165, 1.54) is 12.1 Å². The van der Waals surface area contributed by atoms with Gasteiger partial charge in [0.15, 0.2) is 0 Å². The molecule has 1 aromatic carbocycles. The highest BCUT2D eigenvalue weighted by Crippen LogP contribution is 2.19. The van der Waals surface area contributed by atoms with E-state index in [-0.39, 0.29) is 11.9 Å². The second-order valence-corrected chi connectivity index (χ2v) is 4.63. The second kappa shape index (κ2) is 5.94. The van der Waals surface area contributed by atoms with Crippen molar-refractivity contribution in [3.8, 4) is 0 Å². The summed E-state index contributed by atoms with van der Waals surface area (Å²) in [6.07, 6.45) is 2.91. The van der Waals surface area contributed by atoms with Gasteiger partial charge in [-0.2, -0.15) is 0 Å². The molecule has 0 fully saturated rings. The Balaban J connectivity index is 2.03. The molecule has 0 bridgehead atoms.